The van der Waals surface area contributed by atoms with Gasteiger partial charge in [-0.15, -0.1) is 10.2 Å². The molecule has 3 rings (SSSR count). The van der Waals surface area contributed by atoms with Crippen molar-refractivity contribution in [2.45, 2.75) is 13.3 Å². The molecule has 1 saturated heterocycles. The number of aromatic nitrogens is 2. The zero-order valence-corrected chi connectivity index (χ0v) is 14.4. The van der Waals surface area contributed by atoms with Crippen molar-refractivity contribution in [3.8, 4) is 0 Å². The van der Waals surface area contributed by atoms with Gasteiger partial charge >= 0.3 is 0 Å². The van der Waals surface area contributed by atoms with Crippen LogP contribution in [0.15, 0.2) is 24.3 Å². The Morgan fingerprint density at radius 3 is 2.75 bits per heavy atom. The summed E-state index contributed by atoms with van der Waals surface area (Å²) in [5.41, 5.74) is 0.497. The number of aryl methyl sites for hydroxylation is 1. The summed E-state index contributed by atoms with van der Waals surface area (Å²) in [4.78, 5) is 16.5. The minimum Gasteiger partial charge on any atom is -0.344 e. The SMILES string of the molecule is Cc1nnc(N2CCN(CCC(=O)Nc3cccc(F)c3)CC2)s1. The molecule has 1 fully saturated rings. The van der Waals surface area contributed by atoms with E-state index in [1.165, 1.54) is 12.1 Å². The van der Waals surface area contributed by atoms with Gasteiger partial charge in [-0.1, -0.05) is 17.4 Å². The molecular formula is C16H20FN5OS. The molecule has 2 aromatic rings. The third-order valence-electron chi connectivity index (χ3n) is 3.92. The molecule has 1 aliphatic heterocycles. The molecule has 1 aliphatic rings. The fourth-order valence-electron chi connectivity index (χ4n) is 2.63. The lowest BCUT2D eigenvalue weighted by atomic mass is 10.2. The maximum absolute atomic E-state index is 13.1. The van der Waals surface area contributed by atoms with Gasteiger partial charge in [-0.05, 0) is 25.1 Å². The Bertz CT molecular complexity index is 699. The van der Waals surface area contributed by atoms with Crippen molar-refractivity contribution in [2.24, 2.45) is 0 Å². The number of carbonyl (C=O) groups excluding carboxylic acids is 1. The number of halogens is 1. The molecule has 128 valence electrons. The first-order valence-corrected chi connectivity index (χ1v) is 8.74. The Morgan fingerprint density at radius 1 is 1.29 bits per heavy atom. The third-order valence-corrected chi connectivity index (χ3v) is 4.82. The lowest BCUT2D eigenvalue weighted by molar-refractivity contribution is -0.116. The van der Waals surface area contributed by atoms with Crippen LogP contribution >= 0.6 is 11.3 Å². The largest absolute Gasteiger partial charge is 0.344 e. The van der Waals surface area contributed by atoms with Gasteiger partial charge < -0.3 is 10.2 Å². The predicted molar refractivity (Wildman–Crippen MR) is 92.9 cm³/mol. The van der Waals surface area contributed by atoms with Crippen LogP contribution in [0.25, 0.3) is 0 Å². The molecule has 8 heteroatoms. The second-order valence-corrected chi connectivity index (χ2v) is 6.90. The lowest BCUT2D eigenvalue weighted by Crippen LogP contribution is -2.47. The van der Waals surface area contributed by atoms with E-state index in [9.17, 15) is 9.18 Å². The average molecular weight is 349 g/mol. The first-order chi connectivity index (χ1) is 11.6. The van der Waals surface area contributed by atoms with Gasteiger partial charge in [0, 0.05) is 44.8 Å². The molecule has 24 heavy (non-hydrogen) atoms. The van der Waals surface area contributed by atoms with Crippen LogP contribution in [0.4, 0.5) is 15.2 Å². The molecule has 0 aliphatic carbocycles. The average Bonchev–Trinajstić information content (AvgIpc) is 3.00. The van der Waals surface area contributed by atoms with Gasteiger partial charge in [0.25, 0.3) is 0 Å². The third kappa shape index (κ3) is 4.48. The summed E-state index contributed by atoms with van der Waals surface area (Å²) in [5.74, 6) is -0.446. The van der Waals surface area contributed by atoms with Gasteiger partial charge in [0.05, 0.1) is 0 Å². The number of carbonyl (C=O) groups is 1. The van der Waals surface area contributed by atoms with Crippen molar-refractivity contribution < 1.29 is 9.18 Å². The van der Waals surface area contributed by atoms with E-state index in [4.69, 9.17) is 0 Å². The highest BCUT2D eigenvalue weighted by molar-refractivity contribution is 7.15. The highest BCUT2D eigenvalue weighted by atomic mass is 32.1. The zero-order valence-electron chi connectivity index (χ0n) is 13.5. The van der Waals surface area contributed by atoms with Crippen LogP contribution in [0.3, 0.4) is 0 Å². The number of benzene rings is 1. The van der Waals surface area contributed by atoms with Crippen LogP contribution in [-0.4, -0.2) is 53.7 Å². The standard InChI is InChI=1S/C16H20FN5OS/c1-12-19-20-16(24-12)22-9-7-21(8-10-22)6-5-15(23)18-14-4-2-3-13(17)11-14/h2-4,11H,5-10H2,1H3,(H,18,23). The monoisotopic (exact) mass is 349 g/mol. The Balaban J connectivity index is 1.41. The summed E-state index contributed by atoms with van der Waals surface area (Å²) in [6.07, 6.45) is 0.397. The zero-order chi connectivity index (χ0) is 16.9. The number of hydrogen-bond acceptors (Lipinski definition) is 6. The number of amides is 1. The predicted octanol–water partition coefficient (Wildman–Crippen LogP) is 2.14. The molecule has 1 aromatic heterocycles. The Labute approximate surface area is 144 Å². The normalized spacial score (nSPS) is 15.5. The minimum absolute atomic E-state index is 0.0947. The highest BCUT2D eigenvalue weighted by Gasteiger charge is 2.20. The van der Waals surface area contributed by atoms with Crippen molar-refractivity contribution in [2.75, 3.05) is 42.9 Å². The molecule has 0 bridgehead atoms. The maximum atomic E-state index is 13.1. The first kappa shape index (κ1) is 16.8. The molecule has 1 aromatic carbocycles. The molecule has 0 atom stereocenters. The molecular weight excluding hydrogens is 329 g/mol. The smallest absolute Gasteiger partial charge is 0.225 e. The first-order valence-electron chi connectivity index (χ1n) is 7.93. The minimum atomic E-state index is -0.351. The highest BCUT2D eigenvalue weighted by Crippen LogP contribution is 2.20. The van der Waals surface area contributed by atoms with Crippen LogP contribution in [0.2, 0.25) is 0 Å². The van der Waals surface area contributed by atoms with Crippen molar-refractivity contribution in [3.05, 3.63) is 35.1 Å². The molecule has 1 amide bonds. The molecule has 0 unspecified atom stereocenters. The number of anilines is 2. The van der Waals surface area contributed by atoms with Crippen molar-refractivity contribution >= 4 is 28.1 Å². The van der Waals surface area contributed by atoms with Crippen LogP contribution in [0.1, 0.15) is 11.4 Å². The van der Waals surface area contributed by atoms with E-state index in [0.717, 1.165) is 36.3 Å². The van der Waals surface area contributed by atoms with Gasteiger partial charge in [-0.3, -0.25) is 9.69 Å². The Morgan fingerprint density at radius 2 is 2.08 bits per heavy atom. The van der Waals surface area contributed by atoms with Crippen molar-refractivity contribution in [3.63, 3.8) is 0 Å². The van der Waals surface area contributed by atoms with E-state index in [0.29, 0.717) is 18.7 Å². The molecule has 6 nitrogen and oxygen atoms in total. The van der Waals surface area contributed by atoms with E-state index >= 15 is 0 Å². The quantitative estimate of drug-likeness (QED) is 0.896. The van der Waals surface area contributed by atoms with E-state index < -0.39 is 0 Å². The number of rotatable bonds is 5. The topological polar surface area (TPSA) is 61.4 Å². The summed E-state index contributed by atoms with van der Waals surface area (Å²) >= 11 is 1.61. The van der Waals surface area contributed by atoms with Crippen molar-refractivity contribution in [1.82, 2.24) is 15.1 Å². The van der Waals surface area contributed by atoms with Gasteiger partial charge in [-0.2, -0.15) is 0 Å². The molecule has 0 spiro atoms. The van der Waals surface area contributed by atoms with E-state index in [1.807, 2.05) is 6.92 Å². The van der Waals surface area contributed by atoms with Crippen LogP contribution in [0, 0.1) is 12.7 Å². The van der Waals surface area contributed by atoms with E-state index in [2.05, 4.69) is 25.3 Å². The number of piperazine rings is 1. The summed E-state index contributed by atoms with van der Waals surface area (Å²) in [6, 6.07) is 5.94. The van der Waals surface area contributed by atoms with Crippen LogP contribution in [0.5, 0.6) is 0 Å². The van der Waals surface area contributed by atoms with Gasteiger partial charge in [0.2, 0.25) is 11.0 Å². The van der Waals surface area contributed by atoms with Crippen LogP contribution < -0.4 is 10.2 Å². The Hall–Kier alpha value is -2.06. The molecule has 2 heterocycles. The summed E-state index contributed by atoms with van der Waals surface area (Å²) < 4.78 is 13.1. The number of nitrogens with one attached hydrogen (secondary N) is 1. The molecule has 0 saturated carbocycles. The number of nitrogens with zero attached hydrogens (tertiary/aromatic N) is 4. The molecule has 0 radical (unpaired) electrons. The molecule has 1 N–H and O–H groups in total. The Kier molecular flexibility index (Phi) is 5.37. The van der Waals surface area contributed by atoms with E-state index in [1.54, 1.807) is 23.5 Å². The van der Waals surface area contributed by atoms with Crippen LogP contribution in [-0.2, 0) is 4.79 Å². The fraction of sp³-hybridized carbons (Fsp3) is 0.438. The van der Waals surface area contributed by atoms with E-state index in [-0.39, 0.29) is 11.7 Å². The van der Waals surface area contributed by atoms with Crippen molar-refractivity contribution in [1.29, 1.82) is 0 Å². The fourth-order valence-corrected chi connectivity index (χ4v) is 3.37. The number of hydrogen-bond donors (Lipinski definition) is 1. The van der Waals surface area contributed by atoms with Gasteiger partial charge in [-0.25, -0.2) is 4.39 Å². The van der Waals surface area contributed by atoms with Gasteiger partial charge in [0.15, 0.2) is 0 Å². The lowest BCUT2D eigenvalue weighted by Gasteiger charge is -2.34. The summed E-state index contributed by atoms with van der Waals surface area (Å²) in [6.45, 7) is 6.22. The van der Waals surface area contributed by atoms with Gasteiger partial charge in [0.1, 0.15) is 10.8 Å². The maximum Gasteiger partial charge on any atom is 0.225 e. The summed E-state index contributed by atoms with van der Waals surface area (Å²) in [5, 5.41) is 12.9. The second-order valence-electron chi connectivity index (χ2n) is 5.74. The summed E-state index contributed by atoms with van der Waals surface area (Å²) in [7, 11) is 0. The second kappa shape index (κ2) is 7.67.